The minimum Gasteiger partial charge on any atom is -0.428 e. The lowest BCUT2D eigenvalue weighted by atomic mass is 10.3. The highest BCUT2D eigenvalue weighted by molar-refractivity contribution is 7.91. The number of nitrogens with two attached hydrogens (primary N) is 1. The minimum atomic E-state index is -3.40. The SMILES string of the molecule is CCCS(=O)(=O)c1nc2cc(N)ccc2o1. The Balaban J connectivity index is 2.55. The summed E-state index contributed by atoms with van der Waals surface area (Å²) >= 11 is 0. The lowest BCUT2D eigenvalue weighted by Gasteiger charge is -1.94. The Hall–Kier alpha value is -1.56. The lowest BCUT2D eigenvalue weighted by molar-refractivity contribution is 0.458. The third kappa shape index (κ3) is 1.88. The third-order valence-corrected chi connectivity index (χ3v) is 3.78. The van der Waals surface area contributed by atoms with Crippen LogP contribution in [0.4, 0.5) is 5.69 Å². The van der Waals surface area contributed by atoms with E-state index in [0.29, 0.717) is 23.2 Å². The maximum atomic E-state index is 11.7. The van der Waals surface area contributed by atoms with Crippen molar-refractivity contribution in [2.45, 2.75) is 18.6 Å². The van der Waals surface area contributed by atoms with E-state index in [-0.39, 0.29) is 11.0 Å². The van der Waals surface area contributed by atoms with Crippen molar-refractivity contribution in [1.29, 1.82) is 0 Å². The maximum Gasteiger partial charge on any atom is 0.316 e. The fraction of sp³-hybridized carbons (Fsp3) is 0.300. The van der Waals surface area contributed by atoms with Crippen molar-refractivity contribution >= 4 is 26.6 Å². The van der Waals surface area contributed by atoms with E-state index in [9.17, 15) is 8.42 Å². The van der Waals surface area contributed by atoms with Crippen LogP contribution in [0.2, 0.25) is 0 Å². The molecule has 0 aliphatic carbocycles. The minimum absolute atomic E-state index is 0.0370. The Morgan fingerprint density at radius 1 is 1.44 bits per heavy atom. The van der Waals surface area contributed by atoms with Gasteiger partial charge in [-0.25, -0.2) is 8.42 Å². The Labute approximate surface area is 93.2 Å². The molecule has 0 fully saturated rings. The highest BCUT2D eigenvalue weighted by Crippen LogP contribution is 2.21. The van der Waals surface area contributed by atoms with Crippen molar-refractivity contribution in [2.24, 2.45) is 0 Å². The molecule has 6 heteroatoms. The van der Waals surface area contributed by atoms with E-state index in [2.05, 4.69) is 4.98 Å². The van der Waals surface area contributed by atoms with Crippen molar-refractivity contribution < 1.29 is 12.8 Å². The molecule has 2 N–H and O–H groups in total. The number of aromatic nitrogens is 1. The van der Waals surface area contributed by atoms with E-state index < -0.39 is 9.84 Å². The topological polar surface area (TPSA) is 86.2 Å². The molecule has 0 amide bonds. The average Bonchev–Trinajstić information content (AvgIpc) is 2.61. The van der Waals surface area contributed by atoms with Crippen LogP contribution in [0.1, 0.15) is 13.3 Å². The first-order chi connectivity index (χ1) is 7.53. The van der Waals surface area contributed by atoms with Gasteiger partial charge in [-0.05, 0) is 24.6 Å². The number of fused-ring (bicyclic) bond motifs is 1. The molecule has 0 unspecified atom stereocenters. The quantitative estimate of drug-likeness (QED) is 0.823. The van der Waals surface area contributed by atoms with Crippen LogP contribution in [0.25, 0.3) is 11.1 Å². The van der Waals surface area contributed by atoms with E-state index in [1.807, 2.05) is 0 Å². The summed E-state index contributed by atoms with van der Waals surface area (Å²) in [5, 5.41) is -0.227. The van der Waals surface area contributed by atoms with Crippen molar-refractivity contribution in [2.75, 3.05) is 11.5 Å². The van der Waals surface area contributed by atoms with Crippen LogP contribution in [0.5, 0.6) is 0 Å². The van der Waals surface area contributed by atoms with Gasteiger partial charge in [0.1, 0.15) is 5.52 Å². The van der Waals surface area contributed by atoms with Crippen LogP contribution in [0.3, 0.4) is 0 Å². The number of nitrogen functional groups attached to an aromatic ring is 1. The van der Waals surface area contributed by atoms with E-state index in [1.54, 1.807) is 25.1 Å². The number of anilines is 1. The maximum absolute atomic E-state index is 11.7. The molecule has 0 bridgehead atoms. The van der Waals surface area contributed by atoms with Gasteiger partial charge in [-0.15, -0.1) is 0 Å². The highest BCUT2D eigenvalue weighted by atomic mass is 32.2. The Morgan fingerprint density at radius 3 is 2.88 bits per heavy atom. The number of hydrogen-bond acceptors (Lipinski definition) is 5. The van der Waals surface area contributed by atoms with Gasteiger partial charge in [-0.2, -0.15) is 4.98 Å². The van der Waals surface area contributed by atoms with Gasteiger partial charge in [0.2, 0.25) is 9.84 Å². The fourth-order valence-corrected chi connectivity index (χ4v) is 2.58. The Bertz CT molecular complexity index is 616. The Morgan fingerprint density at radius 2 is 2.19 bits per heavy atom. The summed E-state index contributed by atoms with van der Waals surface area (Å²) in [4.78, 5) is 3.93. The summed E-state index contributed by atoms with van der Waals surface area (Å²) in [6.07, 6.45) is 0.531. The molecule has 16 heavy (non-hydrogen) atoms. The average molecular weight is 240 g/mol. The molecule has 1 aromatic heterocycles. The van der Waals surface area contributed by atoms with Crippen molar-refractivity contribution in [3.63, 3.8) is 0 Å². The summed E-state index contributed by atoms with van der Waals surface area (Å²) < 4.78 is 28.6. The predicted octanol–water partition coefficient (Wildman–Crippen LogP) is 1.59. The number of sulfone groups is 1. The molecule has 5 nitrogen and oxygen atoms in total. The highest BCUT2D eigenvalue weighted by Gasteiger charge is 2.20. The lowest BCUT2D eigenvalue weighted by Crippen LogP contribution is -2.05. The van der Waals surface area contributed by atoms with Crippen LogP contribution in [0, 0.1) is 0 Å². The van der Waals surface area contributed by atoms with Gasteiger partial charge in [0.15, 0.2) is 5.58 Å². The summed E-state index contributed by atoms with van der Waals surface area (Å²) in [5.74, 6) is 0.0370. The Kier molecular flexibility index (Phi) is 2.59. The molecule has 2 aromatic rings. The van der Waals surface area contributed by atoms with Crippen LogP contribution in [-0.4, -0.2) is 19.2 Å². The summed E-state index contributed by atoms with van der Waals surface area (Å²) in [6, 6.07) is 4.84. The third-order valence-electron chi connectivity index (χ3n) is 2.13. The van der Waals surface area contributed by atoms with Gasteiger partial charge in [0, 0.05) is 5.69 Å². The largest absolute Gasteiger partial charge is 0.428 e. The van der Waals surface area contributed by atoms with Gasteiger partial charge in [0.25, 0.3) is 0 Å². The van der Waals surface area contributed by atoms with Crippen molar-refractivity contribution in [3.05, 3.63) is 18.2 Å². The fourth-order valence-electron chi connectivity index (χ4n) is 1.41. The van der Waals surface area contributed by atoms with Gasteiger partial charge in [-0.1, -0.05) is 6.92 Å². The van der Waals surface area contributed by atoms with Gasteiger partial charge in [-0.3, -0.25) is 0 Å². The zero-order valence-electron chi connectivity index (χ0n) is 8.80. The number of rotatable bonds is 3. The second-order valence-corrected chi connectivity index (χ2v) is 5.51. The van der Waals surface area contributed by atoms with Crippen molar-refractivity contribution in [3.8, 4) is 0 Å². The van der Waals surface area contributed by atoms with Gasteiger partial charge < -0.3 is 10.2 Å². The molecule has 0 spiro atoms. The molecular weight excluding hydrogens is 228 g/mol. The summed E-state index contributed by atoms with van der Waals surface area (Å²) in [7, 11) is -3.40. The zero-order valence-corrected chi connectivity index (χ0v) is 9.62. The molecule has 86 valence electrons. The van der Waals surface area contributed by atoms with Gasteiger partial charge >= 0.3 is 5.22 Å². The normalized spacial score (nSPS) is 12.1. The first kappa shape index (κ1) is 10.9. The first-order valence-electron chi connectivity index (χ1n) is 4.92. The van der Waals surface area contributed by atoms with Crippen LogP contribution < -0.4 is 5.73 Å². The monoisotopic (exact) mass is 240 g/mol. The van der Waals surface area contributed by atoms with Crippen molar-refractivity contribution in [1.82, 2.24) is 4.98 Å². The molecule has 1 aromatic carbocycles. The van der Waals surface area contributed by atoms with Crippen LogP contribution in [0.15, 0.2) is 27.8 Å². The van der Waals surface area contributed by atoms with E-state index >= 15 is 0 Å². The molecule has 2 rings (SSSR count). The first-order valence-corrected chi connectivity index (χ1v) is 6.57. The second kappa shape index (κ2) is 3.79. The molecule has 0 saturated carbocycles. The second-order valence-electron chi connectivity index (χ2n) is 3.53. The molecular formula is C10H12N2O3S. The van der Waals surface area contributed by atoms with E-state index in [4.69, 9.17) is 10.2 Å². The van der Waals surface area contributed by atoms with Gasteiger partial charge in [0.05, 0.1) is 5.75 Å². The number of oxazole rings is 1. The molecule has 0 saturated heterocycles. The smallest absolute Gasteiger partial charge is 0.316 e. The molecule has 0 aliphatic heterocycles. The molecule has 0 radical (unpaired) electrons. The van der Waals surface area contributed by atoms with E-state index in [0.717, 1.165) is 0 Å². The molecule has 1 heterocycles. The predicted molar refractivity (Wildman–Crippen MR) is 60.8 cm³/mol. The zero-order chi connectivity index (χ0) is 11.8. The summed E-state index contributed by atoms with van der Waals surface area (Å²) in [5.41, 5.74) is 7.00. The molecule has 0 atom stereocenters. The van der Waals surface area contributed by atoms with Crippen LogP contribution in [-0.2, 0) is 9.84 Å². The number of nitrogens with zero attached hydrogens (tertiary/aromatic N) is 1. The number of hydrogen-bond donors (Lipinski definition) is 1. The standard InChI is InChI=1S/C10H12N2O3S/c1-2-5-16(13,14)10-12-8-6-7(11)3-4-9(8)15-10/h3-4,6H,2,5,11H2,1H3. The van der Waals surface area contributed by atoms with E-state index in [1.165, 1.54) is 0 Å². The summed E-state index contributed by atoms with van der Waals surface area (Å²) in [6.45, 7) is 1.79. The van der Waals surface area contributed by atoms with Crippen LogP contribution >= 0.6 is 0 Å². The number of benzene rings is 1. The molecule has 0 aliphatic rings.